The third kappa shape index (κ3) is 5.19. The Morgan fingerprint density at radius 1 is 1.37 bits per heavy atom. The fourth-order valence-electron chi connectivity index (χ4n) is 3.01. The summed E-state index contributed by atoms with van der Waals surface area (Å²) in [6.45, 7) is 1.91. The van der Waals surface area contributed by atoms with Gasteiger partial charge in [-0.05, 0) is 18.9 Å². The van der Waals surface area contributed by atoms with E-state index >= 15 is 0 Å². The molecule has 27 heavy (non-hydrogen) atoms. The summed E-state index contributed by atoms with van der Waals surface area (Å²) in [6, 6.07) is 7.43. The summed E-state index contributed by atoms with van der Waals surface area (Å²) in [6.07, 6.45) is 1.58. The number of likely N-dealkylation sites (tertiary alicyclic amines) is 1. The van der Waals surface area contributed by atoms with Crippen LogP contribution in [0.25, 0.3) is 10.6 Å². The molecule has 1 atom stereocenters. The summed E-state index contributed by atoms with van der Waals surface area (Å²) < 4.78 is 0. The minimum absolute atomic E-state index is 0. The van der Waals surface area contributed by atoms with Gasteiger partial charge in [0, 0.05) is 37.1 Å². The fraction of sp³-hybridized carbons (Fsp3) is 0.389. The Kier molecular flexibility index (Phi) is 8.04. The predicted molar refractivity (Wildman–Crippen MR) is 110 cm³/mol. The van der Waals surface area contributed by atoms with Crippen molar-refractivity contribution in [2.45, 2.75) is 12.8 Å². The van der Waals surface area contributed by atoms with Gasteiger partial charge in [0.25, 0.3) is 5.91 Å². The van der Waals surface area contributed by atoms with Crippen LogP contribution < -0.4 is 11.1 Å². The molecule has 1 aliphatic rings. The van der Waals surface area contributed by atoms with E-state index in [0.29, 0.717) is 41.9 Å². The number of benzene rings is 1. The third-order valence-electron chi connectivity index (χ3n) is 4.35. The van der Waals surface area contributed by atoms with Crippen LogP contribution in [0.4, 0.5) is 0 Å². The van der Waals surface area contributed by atoms with Crippen molar-refractivity contribution < 1.29 is 9.59 Å². The zero-order valence-corrected chi connectivity index (χ0v) is 17.1. The fourth-order valence-corrected chi connectivity index (χ4v) is 4.12. The lowest BCUT2D eigenvalue weighted by Gasteiger charge is -2.31. The van der Waals surface area contributed by atoms with E-state index in [1.165, 1.54) is 11.3 Å². The van der Waals surface area contributed by atoms with Crippen molar-refractivity contribution in [3.63, 3.8) is 0 Å². The highest BCUT2D eigenvalue weighted by Crippen LogP contribution is 2.30. The van der Waals surface area contributed by atoms with Crippen molar-refractivity contribution >= 4 is 47.2 Å². The number of nitrogens with zero attached hydrogens (tertiary/aromatic N) is 2. The molecular formula is C18H22Cl2N4O2S. The van der Waals surface area contributed by atoms with Crippen LogP contribution in [0.3, 0.4) is 0 Å². The van der Waals surface area contributed by atoms with Crippen LogP contribution in [0.15, 0.2) is 29.6 Å². The lowest BCUT2D eigenvalue weighted by molar-refractivity contribution is -0.126. The van der Waals surface area contributed by atoms with Crippen LogP contribution in [0.1, 0.15) is 23.3 Å². The summed E-state index contributed by atoms with van der Waals surface area (Å²) in [7, 11) is 0. The largest absolute Gasteiger partial charge is 0.355 e. The lowest BCUT2D eigenvalue weighted by Crippen LogP contribution is -2.46. The Morgan fingerprint density at radius 2 is 2.15 bits per heavy atom. The molecule has 0 aliphatic carbocycles. The number of rotatable bonds is 5. The summed E-state index contributed by atoms with van der Waals surface area (Å²) >= 11 is 7.60. The molecule has 146 valence electrons. The molecule has 2 amide bonds. The first-order valence-corrected chi connectivity index (χ1v) is 9.83. The van der Waals surface area contributed by atoms with E-state index in [1.807, 2.05) is 18.2 Å². The quantitative estimate of drug-likeness (QED) is 0.765. The SMILES string of the molecule is Cl.NCCNC(=O)C1CCCN(C(=O)c2csc(-c3ccccc3Cl)n2)C1. The van der Waals surface area contributed by atoms with Crippen molar-refractivity contribution in [1.82, 2.24) is 15.2 Å². The predicted octanol–water partition coefficient (Wildman–Crippen LogP) is 2.81. The molecule has 3 rings (SSSR count). The second kappa shape index (κ2) is 10.0. The van der Waals surface area contributed by atoms with E-state index in [-0.39, 0.29) is 30.1 Å². The monoisotopic (exact) mass is 428 g/mol. The van der Waals surface area contributed by atoms with Crippen LogP contribution in [0.2, 0.25) is 5.02 Å². The highest BCUT2D eigenvalue weighted by molar-refractivity contribution is 7.13. The standard InChI is InChI=1S/C18H21ClN4O2S.ClH/c19-14-6-2-1-5-13(14)17-22-15(11-26-17)18(25)23-9-3-4-12(10-23)16(24)21-8-7-20;/h1-2,5-6,11-12H,3-4,7-10,20H2,(H,21,24);1H. The maximum absolute atomic E-state index is 12.8. The molecule has 0 spiro atoms. The second-order valence-electron chi connectivity index (χ2n) is 6.19. The number of nitrogens with two attached hydrogens (primary N) is 1. The molecule has 2 aromatic rings. The van der Waals surface area contributed by atoms with Crippen LogP contribution >= 0.6 is 35.3 Å². The molecule has 9 heteroatoms. The van der Waals surface area contributed by atoms with Crippen molar-refractivity contribution in [2.24, 2.45) is 11.7 Å². The van der Waals surface area contributed by atoms with Crippen LogP contribution in [-0.2, 0) is 4.79 Å². The summed E-state index contributed by atoms with van der Waals surface area (Å²) in [5.41, 5.74) is 6.63. The average molecular weight is 429 g/mol. The number of hydrogen-bond donors (Lipinski definition) is 2. The highest BCUT2D eigenvalue weighted by Gasteiger charge is 2.29. The maximum Gasteiger partial charge on any atom is 0.273 e. The summed E-state index contributed by atoms with van der Waals surface area (Å²) in [5, 5.41) is 5.87. The molecule has 2 heterocycles. The van der Waals surface area contributed by atoms with Crippen molar-refractivity contribution in [3.05, 3.63) is 40.4 Å². The first kappa shape index (κ1) is 21.6. The van der Waals surface area contributed by atoms with E-state index in [2.05, 4.69) is 10.3 Å². The number of piperidine rings is 1. The first-order valence-electron chi connectivity index (χ1n) is 8.57. The second-order valence-corrected chi connectivity index (χ2v) is 7.45. The van der Waals surface area contributed by atoms with E-state index in [9.17, 15) is 9.59 Å². The van der Waals surface area contributed by atoms with Gasteiger partial charge in [-0.25, -0.2) is 4.98 Å². The Bertz CT molecular complexity index is 799. The Morgan fingerprint density at radius 3 is 2.89 bits per heavy atom. The average Bonchev–Trinajstić information content (AvgIpc) is 3.16. The molecule has 0 saturated carbocycles. The molecule has 0 bridgehead atoms. The Balaban J connectivity index is 0.00000261. The normalized spacial score (nSPS) is 16.5. The van der Waals surface area contributed by atoms with Gasteiger partial charge < -0.3 is 16.0 Å². The van der Waals surface area contributed by atoms with Gasteiger partial charge in [-0.1, -0.05) is 29.8 Å². The zero-order valence-electron chi connectivity index (χ0n) is 14.7. The van der Waals surface area contributed by atoms with E-state index in [1.54, 1.807) is 16.3 Å². The van der Waals surface area contributed by atoms with Gasteiger partial charge in [-0.3, -0.25) is 9.59 Å². The summed E-state index contributed by atoms with van der Waals surface area (Å²) in [4.78, 5) is 31.1. The topological polar surface area (TPSA) is 88.3 Å². The van der Waals surface area contributed by atoms with Crippen molar-refractivity contribution in [2.75, 3.05) is 26.2 Å². The van der Waals surface area contributed by atoms with Gasteiger partial charge in [0.1, 0.15) is 10.7 Å². The smallest absolute Gasteiger partial charge is 0.273 e. The Labute approximate surface area is 173 Å². The molecule has 1 saturated heterocycles. The number of carbonyl (C=O) groups is 2. The van der Waals surface area contributed by atoms with Gasteiger partial charge >= 0.3 is 0 Å². The van der Waals surface area contributed by atoms with E-state index in [4.69, 9.17) is 17.3 Å². The lowest BCUT2D eigenvalue weighted by atomic mass is 9.97. The molecule has 1 aromatic carbocycles. The van der Waals surface area contributed by atoms with Crippen LogP contribution in [0.5, 0.6) is 0 Å². The number of carbonyl (C=O) groups excluding carboxylic acids is 2. The number of hydrogen-bond acceptors (Lipinski definition) is 5. The number of nitrogens with one attached hydrogen (secondary N) is 1. The van der Waals surface area contributed by atoms with Crippen LogP contribution in [-0.4, -0.2) is 47.9 Å². The molecular weight excluding hydrogens is 407 g/mol. The number of thiazole rings is 1. The number of amides is 2. The molecule has 1 fully saturated rings. The molecule has 3 N–H and O–H groups in total. The summed E-state index contributed by atoms with van der Waals surface area (Å²) in [5.74, 6) is -0.375. The minimum Gasteiger partial charge on any atom is -0.355 e. The van der Waals surface area contributed by atoms with Gasteiger partial charge in [-0.2, -0.15) is 0 Å². The maximum atomic E-state index is 12.8. The zero-order chi connectivity index (χ0) is 18.5. The highest BCUT2D eigenvalue weighted by atomic mass is 35.5. The molecule has 1 unspecified atom stereocenters. The van der Waals surface area contributed by atoms with E-state index in [0.717, 1.165) is 18.4 Å². The number of halogens is 2. The van der Waals surface area contributed by atoms with Gasteiger partial charge in [0.15, 0.2) is 0 Å². The number of aromatic nitrogens is 1. The molecule has 0 radical (unpaired) electrons. The third-order valence-corrected chi connectivity index (χ3v) is 5.56. The van der Waals surface area contributed by atoms with Gasteiger partial charge in [0.2, 0.25) is 5.91 Å². The molecule has 6 nitrogen and oxygen atoms in total. The van der Waals surface area contributed by atoms with Crippen LogP contribution in [0, 0.1) is 5.92 Å². The first-order chi connectivity index (χ1) is 12.6. The van der Waals surface area contributed by atoms with Crippen molar-refractivity contribution in [1.29, 1.82) is 0 Å². The molecule has 1 aromatic heterocycles. The van der Waals surface area contributed by atoms with Gasteiger partial charge in [-0.15, -0.1) is 23.7 Å². The molecule has 1 aliphatic heterocycles. The Hall–Kier alpha value is -1.67. The van der Waals surface area contributed by atoms with E-state index < -0.39 is 0 Å². The van der Waals surface area contributed by atoms with Gasteiger partial charge in [0.05, 0.1) is 10.9 Å². The minimum atomic E-state index is -0.194. The van der Waals surface area contributed by atoms with Crippen molar-refractivity contribution in [3.8, 4) is 10.6 Å².